The van der Waals surface area contributed by atoms with Crippen LogP contribution in [-0.4, -0.2) is 41.2 Å². The smallest absolute Gasteiger partial charge is 0.335 e. The number of ketones is 1. The first-order chi connectivity index (χ1) is 22.1. The Balaban J connectivity index is 1.23. The molecule has 0 spiro atoms. The highest BCUT2D eigenvalue weighted by atomic mass is 16.4. The fourth-order valence-electron chi connectivity index (χ4n) is 12.9. The van der Waals surface area contributed by atoms with E-state index in [4.69, 9.17) is 0 Å². The molecule has 256 valence electrons. The van der Waals surface area contributed by atoms with Gasteiger partial charge in [0.1, 0.15) is 0 Å². The van der Waals surface area contributed by atoms with E-state index in [1.165, 1.54) is 43.3 Å². The molecule has 6 aliphatic rings. The van der Waals surface area contributed by atoms with Gasteiger partial charge in [0, 0.05) is 18.4 Å². The zero-order valence-corrected chi connectivity index (χ0v) is 30.0. The quantitative estimate of drug-likeness (QED) is 0.264. The van der Waals surface area contributed by atoms with Crippen molar-refractivity contribution in [2.75, 3.05) is 13.1 Å². The molecule has 5 nitrogen and oxygen atoms in total. The molecule has 47 heavy (non-hydrogen) atoms. The number of hydrogen-bond donors (Lipinski definition) is 3. The van der Waals surface area contributed by atoms with Crippen LogP contribution < -0.4 is 5.32 Å². The molecule has 0 saturated heterocycles. The number of nitrogens with one attached hydrogen (secondary N) is 1. The fraction of sp³-hybridized carbons (Fsp3) is 0.714. The molecule has 3 N–H and O–H groups in total. The summed E-state index contributed by atoms with van der Waals surface area (Å²) in [5.74, 6) is 1.82. The molecule has 5 heteroatoms. The molecule has 0 heterocycles. The molecule has 1 aromatic carbocycles. The number of rotatable bonds is 8. The minimum Gasteiger partial charge on any atom is -0.478 e. The summed E-state index contributed by atoms with van der Waals surface area (Å²) in [7, 11) is 0. The van der Waals surface area contributed by atoms with Crippen molar-refractivity contribution in [3.63, 3.8) is 0 Å². The normalized spacial score (nSPS) is 39.9. The van der Waals surface area contributed by atoms with Crippen LogP contribution in [0.15, 0.2) is 41.5 Å². The predicted molar refractivity (Wildman–Crippen MR) is 188 cm³/mol. The van der Waals surface area contributed by atoms with Gasteiger partial charge in [-0.15, -0.1) is 0 Å². The summed E-state index contributed by atoms with van der Waals surface area (Å²) in [6.07, 6.45) is 12.7. The molecule has 4 saturated carbocycles. The molecule has 4 fully saturated rings. The molecule has 0 amide bonds. The number of benzene rings is 1. The number of hydrogen-bond acceptors (Lipinski definition) is 4. The minimum atomic E-state index is -0.880. The second kappa shape index (κ2) is 11.1. The Bertz CT molecular complexity index is 1510. The molecule has 0 aliphatic heterocycles. The van der Waals surface area contributed by atoms with Gasteiger partial charge in [0.05, 0.1) is 11.7 Å². The van der Waals surface area contributed by atoms with E-state index >= 15 is 0 Å². The maximum atomic E-state index is 13.9. The van der Waals surface area contributed by atoms with E-state index in [1.54, 1.807) is 12.1 Å². The first kappa shape index (κ1) is 33.3. The predicted octanol–water partition coefficient (Wildman–Crippen LogP) is 8.72. The largest absolute Gasteiger partial charge is 0.478 e. The van der Waals surface area contributed by atoms with Crippen LogP contribution in [0.1, 0.15) is 129 Å². The van der Waals surface area contributed by atoms with Crippen molar-refractivity contribution in [3.8, 4) is 0 Å². The summed E-state index contributed by atoms with van der Waals surface area (Å²) in [4.78, 5) is 25.4. The number of Topliss-reactive ketones (excluding diaryl/α,β-unsaturated/α-hetero) is 1. The summed E-state index contributed by atoms with van der Waals surface area (Å²) >= 11 is 0. The SMILES string of the molecule is CC(C)C1=C2[C@H]3CC[C@@H]4[C@@]5(C)CC=C(c6ccc(C(=O)O)cc6)C(C)(C)[C@@H]5CC[C@@]4(C)[C@]3(C)CC[C@@]2(C(O)CNCC2CC2)CC1=O. The van der Waals surface area contributed by atoms with Gasteiger partial charge in [-0.25, -0.2) is 4.79 Å². The van der Waals surface area contributed by atoms with Crippen molar-refractivity contribution in [1.82, 2.24) is 5.32 Å². The zero-order valence-electron chi connectivity index (χ0n) is 30.0. The van der Waals surface area contributed by atoms with Crippen LogP contribution in [0.3, 0.4) is 0 Å². The van der Waals surface area contributed by atoms with Crippen LogP contribution in [0.25, 0.3) is 5.57 Å². The lowest BCUT2D eigenvalue weighted by Crippen LogP contribution is -2.64. The lowest BCUT2D eigenvalue weighted by atomic mass is 9.33. The lowest BCUT2D eigenvalue weighted by Gasteiger charge is -2.71. The van der Waals surface area contributed by atoms with E-state index in [2.05, 4.69) is 59.9 Å². The Labute approximate surface area is 283 Å². The number of carboxylic acid groups (broad SMARTS) is 1. The van der Waals surface area contributed by atoms with E-state index in [0.29, 0.717) is 42.1 Å². The lowest BCUT2D eigenvalue weighted by molar-refractivity contribution is -0.200. The molecule has 1 unspecified atom stereocenters. The Hall–Kier alpha value is -2.24. The average molecular weight is 642 g/mol. The van der Waals surface area contributed by atoms with Gasteiger partial charge < -0.3 is 15.5 Å². The van der Waals surface area contributed by atoms with Crippen LogP contribution >= 0.6 is 0 Å². The third kappa shape index (κ3) is 4.75. The summed E-state index contributed by atoms with van der Waals surface area (Å²) in [5, 5.41) is 25.0. The summed E-state index contributed by atoms with van der Waals surface area (Å²) in [5.41, 5.74) is 5.23. The standard InChI is InChI=1S/C42H59NO4/c1-25(2)35-31(44)22-42(34(45)24-43-23-26-8-9-26)21-20-40(6)30(36(35)42)14-15-33-39(5)18-16-29(27-10-12-28(13-11-27)37(46)47)38(3,4)32(39)17-19-41(33,40)7/h10-13,16,25-26,30,32-34,43,45H,8-9,14-15,17-24H2,1-7H3,(H,46,47)/t30-,32+,33-,34?,39+,40-,41-,42+/m1/s1. The highest BCUT2D eigenvalue weighted by molar-refractivity contribution is 6.00. The molecular formula is C42H59NO4. The van der Waals surface area contributed by atoms with Gasteiger partial charge in [0.25, 0.3) is 0 Å². The van der Waals surface area contributed by atoms with Crippen LogP contribution in [0.5, 0.6) is 0 Å². The second-order valence-corrected chi connectivity index (χ2v) is 18.4. The minimum absolute atomic E-state index is 0.0265. The van der Waals surface area contributed by atoms with Crippen molar-refractivity contribution < 1.29 is 19.8 Å². The number of fused-ring (bicyclic) bond motifs is 7. The van der Waals surface area contributed by atoms with Gasteiger partial charge in [-0.3, -0.25) is 4.79 Å². The van der Waals surface area contributed by atoms with Crippen LogP contribution in [0.2, 0.25) is 0 Å². The van der Waals surface area contributed by atoms with Gasteiger partial charge in [-0.2, -0.15) is 0 Å². The third-order valence-corrected chi connectivity index (χ3v) is 15.6. The molecule has 0 aromatic heterocycles. The van der Waals surface area contributed by atoms with Crippen molar-refractivity contribution in [1.29, 1.82) is 0 Å². The van der Waals surface area contributed by atoms with E-state index in [0.717, 1.165) is 49.3 Å². The van der Waals surface area contributed by atoms with Gasteiger partial charge in [0.15, 0.2) is 5.78 Å². The Morgan fingerprint density at radius 2 is 1.62 bits per heavy atom. The van der Waals surface area contributed by atoms with Gasteiger partial charge in [-0.05, 0) is 144 Å². The number of aromatic carboxylic acids is 1. The molecule has 0 bridgehead atoms. The van der Waals surface area contributed by atoms with Crippen molar-refractivity contribution in [2.45, 2.75) is 119 Å². The molecule has 1 aromatic rings. The maximum Gasteiger partial charge on any atom is 0.335 e. The third-order valence-electron chi connectivity index (χ3n) is 15.6. The van der Waals surface area contributed by atoms with Crippen molar-refractivity contribution in [3.05, 3.63) is 52.6 Å². The van der Waals surface area contributed by atoms with Crippen molar-refractivity contribution in [2.24, 2.45) is 56.7 Å². The number of aliphatic hydroxyl groups excluding tert-OH is 1. The fourth-order valence-corrected chi connectivity index (χ4v) is 12.9. The highest BCUT2D eigenvalue weighted by Crippen LogP contribution is 2.77. The first-order valence-electron chi connectivity index (χ1n) is 18.8. The molecular weight excluding hydrogens is 582 g/mol. The second-order valence-electron chi connectivity index (χ2n) is 18.4. The van der Waals surface area contributed by atoms with E-state index < -0.39 is 17.5 Å². The van der Waals surface area contributed by atoms with Crippen LogP contribution in [-0.2, 0) is 4.79 Å². The number of carbonyl (C=O) groups excluding carboxylic acids is 1. The Morgan fingerprint density at radius 1 is 0.915 bits per heavy atom. The number of carboxylic acids is 1. The summed E-state index contributed by atoms with van der Waals surface area (Å²) < 4.78 is 0. The van der Waals surface area contributed by atoms with Crippen LogP contribution in [0, 0.1) is 56.7 Å². The molecule has 8 atom stereocenters. The summed E-state index contributed by atoms with van der Waals surface area (Å²) in [6.45, 7) is 18.6. The van der Waals surface area contributed by atoms with Gasteiger partial charge in [-0.1, -0.05) is 72.2 Å². The monoisotopic (exact) mass is 641 g/mol. The van der Waals surface area contributed by atoms with Crippen molar-refractivity contribution >= 4 is 17.3 Å². The molecule has 0 radical (unpaired) electrons. The van der Waals surface area contributed by atoms with E-state index in [1.807, 2.05) is 12.1 Å². The molecule has 7 rings (SSSR count). The first-order valence-corrected chi connectivity index (χ1v) is 18.8. The number of allylic oxidation sites excluding steroid dienone is 3. The highest BCUT2D eigenvalue weighted by Gasteiger charge is 2.70. The Kier molecular flexibility index (Phi) is 7.88. The zero-order chi connectivity index (χ0) is 33.7. The number of aliphatic hydroxyl groups is 1. The average Bonchev–Trinajstić information content (AvgIpc) is 3.77. The van der Waals surface area contributed by atoms with Gasteiger partial charge in [0.2, 0.25) is 0 Å². The van der Waals surface area contributed by atoms with E-state index in [9.17, 15) is 19.8 Å². The topological polar surface area (TPSA) is 86.6 Å². The van der Waals surface area contributed by atoms with E-state index in [-0.39, 0.29) is 27.6 Å². The van der Waals surface area contributed by atoms with Crippen LogP contribution in [0.4, 0.5) is 0 Å². The van der Waals surface area contributed by atoms with Gasteiger partial charge >= 0.3 is 5.97 Å². The summed E-state index contributed by atoms with van der Waals surface area (Å²) in [6, 6.07) is 7.51. The number of carbonyl (C=O) groups is 2. The maximum absolute atomic E-state index is 13.9. The Morgan fingerprint density at radius 3 is 2.26 bits per heavy atom. The molecule has 6 aliphatic carbocycles.